The summed E-state index contributed by atoms with van der Waals surface area (Å²) in [5.74, 6) is 1.00. The van der Waals surface area contributed by atoms with Crippen molar-refractivity contribution in [2.45, 2.75) is 12.5 Å². The zero-order chi connectivity index (χ0) is 19.8. The molecule has 1 unspecified atom stereocenters. The highest BCUT2D eigenvalue weighted by Crippen LogP contribution is 2.26. The summed E-state index contributed by atoms with van der Waals surface area (Å²) in [6.45, 7) is 0. The van der Waals surface area contributed by atoms with Crippen molar-refractivity contribution >= 4 is 17.6 Å². The molecule has 0 radical (unpaired) electrons. The number of carbonyl (C=O) groups excluding carboxylic acids is 2. The fourth-order valence-corrected chi connectivity index (χ4v) is 2.68. The Kier molecular flexibility index (Phi) is 6.20. The van der Waals surface area contributed by atoms with E-state index >= 15 is 0 Å². The molecule has 7 heteroatoms. The second kappa shape index (κ2) is 9.18. The number of pyridine rings is 1. The Morgan fingerprint density at radius 3 is 2.50 bits per heavy atom. The molecule has 0 spiro atoms. The zero-order valence-electron chi connectivity index (χ0n) is 15.0. The van der Waals surface area contributed by atoms with Gasteiger partial charge in [-0.15, -0.1) is 0 Å². The quantitative estimate of drug-likeness (QED) is 0.585. The Labute approximate surface area is 162 Å². The number of anilines is 1. The molecule has 1 atom stereocenters. The Morgan fingerprint density at radius 1 is 1.00 bits per heavy atom. The normalized spacial score (nSPS) is 11.3. The first kappa shape index (κ1) is 18.9. The molecule has 7 nitrogen and oxygen atoms in total. The molecule has 0 fully saturated rings. The molecule has 2 aromatic carbocycles. The number of hydrogen-bond donors (Lipinski definition) is 3. The number of hydrogen-bond acceptors (Lipinski definition) is 4. The summed E-state index contributed by atoms with van der Waals surface area (Å²) in [6.07, 6.45) is 3.17. The van der Waals surface area contributed by atoms with Gasteiger partial charge in [0.2, 0.25) is 5.91 Å². The van der Waals surface area contributed by atoms with E-state index in [1.807, 2.05) is 30.3 Å². The van der Waals surface area contributed by atoms with Crippen molar-refractivity contribution in [3.05, 3.63) is 84.7 Å². The van der Waals surface area contributed by atoms with E-state index in [1.54, 1.807) is 48.8 Å². The van der Waals surface area contributed by atoms with Crippen molar-refractivity contribution < 1.29 is 14.3 Å². The van der Waals surface area contributed by atoms with Gasteiger partial charge in [0, 0.05) is 6.20 Å². The largest absolute Gasteiger partial charge is 0.457 e. The van der Waals surface area contributed by atoms with Gasteiger partial charge in [-0.3, -0.25) is 9.78 Å². The second-order valence-electron chi connectivity index (χ2n) is 6.04. The van der Waals surface area contributed by atoms with Crippen LogP contribution in [0.3, 0.4) is 0 Å². The van der Waals surface area contributed by atoms with Crippen LogP contribution in [-0.4, -0.2) is 16.9 Å². The van der Waals surface area contributed by atoms with Gasteiger partial charge < -0.3 is 21.1 Å². The molecule has 0 saturated carbocycles. The van der Waals surface area contributed by atoms with Crippen LogP contribution >= 0.6 is 0 Å². The van der Waals surface area contributed by atoms with Crippen LogP contribution in [0, 0.1) is 0 Å². The molecule has 0 aliphatic rings. The van der Waals surface area contributed by atoms with E-state index in [2.05, 4.69) is 15.6 Å². The van der Waals surface area contributed by atoms with E-state index in [4.69, 9.17) is 10.5 Å². The minimum atomic E-state index is -0.714. The Hall–Kier alpha value is -3.87. The number of benzene rings is 2. The van der Waals surface area contributed by atoms with Crippen molar-refractivity contribution in [1.82, 2.24) is 10.3 Å². The Balaban J connectivity index is 1.74. The first-order valence-electron chi connectivity index (χ1n) is 8.69. The standard InChI is InChI=1S/C21H20N4O3/c22-21(27)25-19(13-20(26)24-16-7-5-11-23-14-16)15-6-4-10-18(12-15)28-17-8-2-1-3-9-17/h1-12,14,19H,13H2,(H,24,26)(H3,22,25,27). The maximum atomic E-state index is 12.4. The number of nitrogens with two attached hydrogens (primary N) is 1. The van der Waals surface area contributed by atoms with Crippen LogP contribution in [0.1, 0.15) is 18.0 Å². The lowest BCUT2D eigenvalue weighted by Gasteiger charge is -2.18. The van der Waals surface area contributed by atoms with Crippen LogP contribution in [-0.2, 0) is 4.79 Å². The molecule has 3 amide bonds. The number of carbonyl (C=O) groups is 2. The van der Waals surface area contributed by atoms with E-state index < -0.39 is 12.1 Å². The van der Waals surface area contributed by atoms with Crippen molar-refractivity contribution in [3.8, 4) is 11.5 Å². The molecular weight excluding hydrogens is 356 g/mol. The van der Waals surface area contributed by atoms with Crippen molar-refractivity contribution in [3.63, 3.8) is 0 Å². The van der Waals surface area contributed by atoms with E-state index in [9.17, 15) is 9.59 Å². The number of urea groups is 1. The van der Waals surface area contributed by atoms with Crippen molar-refractivity contribution in [1.29, 1.82) is 0 Å². The van der Waals surface area contributed by atoms with Crippen molar-refractivity contribution in [2.24, 2.45) is 5.73 Å². The van der Waals surface area contributed by atoms with E-state index in [1.165, 1.54) is 0 Å². The highest BCUT2D eigenvalue weighted by atomic mass is 16.5. The number of aromatic nitrogens is 1. The molecule has 3 aromatic rings. The highest BCUT2D eigenvalue weighted by Gasteiger charge is 2.18. The third kappa shape index (κ3) is 5.57. The van der Waals surface area contributed by atoms with Crippen LogP contribution in [0.25, 0.3) is 0 Å². The molecular formula is C21H20N4O3. The van der Waals surface area contributed by atoms with Crippen LogP contribution < -0.4 is 21.1 Å². The predicted molar refractivity (Wildman–Crippen MR) is 106 cm³/mol. The third-order valence-corrected chi connectivity index (χ3v) is 3.89. The number of ether oxygens (including phenoxy) is 1. The SMILES string of the molecule is NC(=O)NC(CC(=O)Nc1cccnc1)c1cccc(Oc2ccccc2)c1. The molecule has 0 aliphatic carbocycles. The average molecular weight is 376 g/mol. The molecule has 1 heterocycles. The topological polar surface area (TPSA) is 106 Å². The monoisotopic (exact) mass is 376 g/mol. The molecule has 142 valence electrons. The number of rotatable bonds is 7. The van der Waals surface area contributed by atoms with Crippen LogP contribution in [0.2, 0.25) is 0 Å². The van der Waals surface area contributed by atoms with E-state index in [0.29, 0.717) is 22.7 Å². The molecule has 4 N–H and O–H groups in total. The summed E-state index contributed by atoms with van der Waals surface area (Å²) >= 11 is 0. The van der Waals surface area contributed by atoms with Gasteiger partial charge in [0.25, 0.3) is 0 Å². The number of nitrogens with one attached hydrogen (secondary N) is 2. The lowest BCUT2D eigenvalue weighted by atomic mass is 10.0. The maximum Gasteiger partial charge on any atom is 0.312 e. The van der Waals surface area contributed by atoms with Crippen LogP contribution in [0.5, 0.6) is 11.5 Å². The van der Waals surface area contributed by atoms with Gasteiger partial charge in [-0.1, -0.05) is 30.3 Å². The van der Waals surface area contributed by atoms with Gasteiger partial charge in [0.1, 0.15) is 11.5 Å². The minimum Gasteiger partial charge on any atom is -0.457 e. The Bertz CT molecular complexity index is 933. The first-order valence-corrected chi connectivity index (χ1v) is 8.69. The molecule has 3 rings (SSSR count). The van der Waals surface area contributed by atoms with Crippen LogP contribution in [0.4, 0.5) is 10.5 Å². The smallest absolute Gasteiger partial charge is 0.312 e. The van der Waals surface area contributed by atoms with Gasteiger partial charge in [0.05, 0.1) is 24.3 Å². The Morgan fingerprint density at radius 2 is 1.79 bits per heavy atom. The van der Waals surface area contributed by atoms with E-state index in [0.717, 1.165) is 0 Å². The lowest BCUT2D eigenvalue weighted by molar-refractivity contribution is -0.116. The van der Waals surface area contributed by atoms with Crippen LogP contribution in [0.15, 0.2) is 79.1 Å². The summed E-state index contributed by atoms with van der Waals surface area (Å²) < 4.78 is 5.82. The summed E-state index contributed by atoms with van der Waals surface area (Å²) in [7, 11) is 0. The van der Waals surface area contributed by atoms with Gasteiger partial charge >= 0.3 is 6.03 Å². The fraction of sp³-hybridized carbons (Fsp3) is 0.0952. The van der Waals surface area contributed by atoms with Gasteiger partial charge in [-0.2, -0.15) is 0 Å². The molecule has 0 saturated heterocycles. The van der Waals surface area contributed by atoms with Gasteiger partial charge in [0.15, 0.2) is 0 Å². The van der Waals surface area contributed by atoms with E-state index in [-0.39, 0.29) is 12.3 Å². The zero-order valence-corrected chi connectivity index (χ0v) is 15.0. The average Bonchev–Trinajstić information content (AvgIpc) is 2.69. The number of amides is 3. The molecule has 0 bridgehead atoms. The number of para-hydroxylation sites is 1. The highest BCUT2D eigenvalue weighted by molar-refractivity contribution is 5.91. The first-order chi connectivity index (χ1) is 13.6. The maximum absolute atomic E-state index is 12.4. The van der Waals surface area contributed by atoms with Gasteiger partial charge in [-0.25, -0.2) is 4.79 Å². The number of primary amides is 1. The van der Waals surface area contributed by atoms with Gasteiger partial charge in [-0.05, 0) is 42.0 Å². The summed E-state index contributed by atoms with van der Waals surface area (Å²) in [6, 6.07) is 18.6. The van der Waals surface area contributed by atoms with Crippen molar-refractivity contribution in [2.75, 3.05) is 5.32 Å². The summed E-state index contributed by atoms with van der Waals surface area (Å²) in [4.78, 5) is 27.8. The minimum absolute atomic E-state index is 0.00657. The molecule has 1 aromatic heterocycles. The predicted octanol–water partition coefficient (Wildman–Crippen LogP) is 3.61. The molecule has 0 aliphatic heterocycles. The number of nitrogens with zero attached hydrogens (tertiary/aromatic N) is 1. The lowest BCUT2D eigenvalue weighted by Crippen LogP contribution is -2.35. The second-order valence-corrected chi connectivity index (χ2v) is 6.04. The molecule has 28 heavy (non-hydrogen) atoms. The summed E-state index contributed by atoms with van der Waals surface area (Å²) in [5.41, 5.74) is 6.58. The third-order valence-electron chi connectivity index (χ3n) is 3.89. The summed E-state index contributed by atoms with van der Waals surface area (Å²) in [5, 5.41) is 5.36. The fourth-order valence-electron chi connectivity index (χ4n) is 2.68.